The van der Waals surface area contributed by atoms with E-state index in [0.717, 1.165) is 6.07 Å². The fraction of sp³-hybridized carbons (Fsp3) is 0.200. The third-order valence-electron chi connectivity index (χ3n) is 3.55. The Morgan fingerprint density at radius 3 is 2.54 bits per heavy atom. The highest BCUT2D eigenvalue weighted by molar-refractivity contribution is 5.93. The summed E-state index contributed by atoms with van der Waals surface area (Å²) < 4.78 is 23.8. The van der Waals surface area contributed by atoms with Gasteiger partial charge in [-0.2, -0.15) is 0 Å². The van der Waals surface area contributed by atoms with Crippen molar-refractivity contribution in [1.29, 1.82) is 0 Å². The third-order valence-corrected chi connectivity index (χ3v) is 3.55. The van der Waals surface area contributed by atoms with Crippen LogP contribution >= 0.6 is 0 Å². The summed E-state index contributed by atoms with van der Waals surface area (Å²) in [6.07, 6.45) is -0.628. The zero-order valence-corrected chi connectivity index (χ0v) is 14.6. The largest absolute Gasteiger partial charge is 0.444 e. The van der Waals surface area contributed by atoms with Gasteiger partial charge in [0.2, 0.25) is 0 Å². The number of carbonyl (C=O) groups is 1. The number of ether oxygens (including phenoxy) is 1. The van der Waals surface area contributed by atoms with Crippen molar-refractivity contribution >= 4 is 22.7 Å². The number of anilines is 1. The second-order valence-electron chi connectivity index (χ2n) is 6.80. The summed E-state index contributed by atoms with van der Waals surface area (Å²) in [6.45, 7) is 5.28. The molecule has 0 spiro atoms. The van der Waals surface area contributed by atoms with Crippen LogP contribution in [0.1, 0.15) is 20.8 Å². The number of hydrogen-bond acceptors (Lipinski definition) is 4. The molecule has 0 bridgehead atoms. The van der Waals surface area contributed by atoms with Gasteiger partial charge in [0.1, 0.15) is 17.0 Å². The van der Waals surface area contributed by atoms with Crippen molar-refractivity contribution in [2.75, 3.05) is 5.32 Å². The first-order valence-corrected chi connectivity index (χ1v) is 8.06. The Hall–Kier alpha value is -3.15. The molecule has 0 unspecified atom stereocenters. The molecular weight excluding hydrogens is 337 g/mol. The SMILES string of the molecule is CC(C)(C)OC(=O)Nc1ccccc1-c1cc2ccc(F)cc2oc1=O. The number of carbonyl (C=O) groups excluding carboxylic acids is 1. The van der Waals surface area contributed by atoms with Crippen molar-refractivity contribution in [2.24, 2.45) is 0 Å². The Balaban J connectivity index is 2.04. The molecule has 0 radical (unpaired) electrons. The standard InChI is InChI=1S/C20H18FNO4/c1-20(2,3)26-19(24)22-16-7-5-4-6-14(16)15-10-12-8-9-13(21)11-17(12)25-18(15)23/h4-11H,1-3H3,(H,22,24). The molecule has 6 heteroatoms. The molecule has 0 atom stereocenters. The average molecular weight is 355 g/mol. The van der Waals surface area contributed by atoms with Crippen LogP contribution in [0.5, 0.6) is 0 Å². The van der Waals surface area contributed by atoms with Gasteiger partial charge in [-0.3, -0.25) is 5.32 Å². The minimum Gasteiger partial charge on any atom is -0.444 e. The van der Waals surface area contributed by atoms with Crippen LogP contribution < -0.4 is 10.9 Å². The van der Waals surface area contributed by atoms with E-state index in [0.29, 0.717) is 16.6 Å². The minimum absolute atomic E-state index is 0.163. The predicted molar refractivity (Wildman–Crippen MR) is 97.7 cm³/mol. The predicted octanol–water partition coefficient (Wildman–Crippen LogP) is 4.95. The van der Waals surface area contributed by atoms with Gasteiger partial charge < -0.3 is 9.15 Å². The monoisotopic (exact) mass is 355 g/mol. The molecule has 26 heavy (non-hydrogen) atoms. The highest BCUT2D eigenvalue weighted by atomic mass is 19.1. The fourth-order valence-corrected chi connectivity index (χ4v) is 2.51. The van der Waals surface area contributed by atoms with Crippen molar-refractivity contribution in [3.05, 3.63) is 64.8 Å². The third kappa shape index (κ3) is 3.91. The van der Waals surface area contributed by atoms with Crippen molar-refractivity contribution in [1.82, 2.24) is 0 Å². The average Bonchev–Trinajstić information content (AvgIpc) is 2.53. The lowest BCUT2D eigenvalue weighted by Crippen LogP contribution is -2.27. The van der Waals surface area contributed by atoms with E-state index in [1.54, 1.807) is 51.1 Å². The van der Waals surface area contributed by atoms with Crippen LogP contribution in [0.25, 0.3) is 22.1 Å². The number of fused-ring (bicyclic) bond motifs is 1. The van der Waals surface area contributed by atoms with Crippen molar-refractivity contribution in [3.8, 4) is 11.1 Å². The lowest BCUT2D eigenvalue weighted by Gasteiger charge is -2.20. The molecule has 0 aliphatic rings. The van der Waals surface area contributed by atoms with Crippen LogP contribution in [0.4, 0.5) is 14.9 Å². The van der Waals surface area contributed by atoms with Gasteiger partial charge in [-0.05, 0) is 45.0 Å². The van der Waals surface area contributed by atoms with E-state index in [1.807, 2.05) is 0 Å². The van der Waals surface area contributed by atoms with Gasteiger partial charge in [-0.1, -0.05) is 18.2 Å². The minimum atomic E-state index is -0.648. The Kier molecular flexibility index (Phi) is 4.50. The highest BCUT2D eigenvalue weighted by Crippen LogP contribution is 2.28. The van der Waals surface area contributed by atoms with Gasteiger partial charge in [0, 0.05) is 17.0 Å². The maximum absolute atomic E-state index is 13.3. The molecule has 0 aliphatic carbocycles. The molecule has 2 aromatic carbocycles. The van der Waals surface area contributed by atoms with Crippen molar-refractivity contribution in [3.63, 3.8) is 0 Å². The van der Waals surface area contributed by atoms with E-state index in [4.69, 9.17) is 9.15 Å². The molecule has 0 saturated heterocycles. The quantitative estimate of drug-likeness (QED) is 0.661. The van der Waals surface area contributed by atoms with Crippen LogP contribution in [-0.2, 0) is 4.74 Å². The normalized spacial score (nSPS) is 11.4. The fourth-order valence-electron chi connectivity index (χ4n) is 2.51. The van der Waals surface area contributed by atoms with Crippen LogP contribution in [-0.4, -0.2) is 11.7 Å². The lowest BCUT2D eigenvalue weighted by molar-refractivity contribution is 0.0636. The number of benzene rings is 2. The van der Waals surface area contributed by atoms with Crippen LogP contribution in [0, 0.1) is 5.82 Å². The first-order valence-electron chi connectivity index (χ1n) is 8.06. The van der Waals surface area contributed by atoms with E-state index < -0.39 is 23.1 Å². The Morgan fingerprint density at radius 1 is 1.08 bits per heavy atom. The van der Waals surface area contributed by atoms with Gasteiger partial charge in [-0.15, -0.1) is 0 Å². The number of amides is 1. The first kappa shape index (κ1) is 17.7. The highest BCUT2D eigenvalue weighted by Gasteiger charge is 2.18. The van der Waals surface area contributed by atoms with Crippen LogP contribution in [0.2, 0.25) is 0 Å². The summed E-state index contributed by atoms with van der Waals surface area (Å²) in [6, 6.07) is 12.4. The second-order valence-corrected chi connectivity index (χ2v) is 6.80. The first-order chi connectivity index (χ1) is 12.2. The summed E-state index contributed by atoms with van der Waals surface area (Å²) in [5.74, 6) is -0.486. The molecule has 0 saturated carbocycles. The maximum Gasteiger partial charge on any atom is 0.412 e. The number of rotatable bonds is 2. The van der Waals surface area contributed by atoms with Gasteiger partial charge >= 0.3 is 11.7 Å². The van der Waals surface area contributed by atoms with E-state index in [2.05, 4.69) is 5.32 Å². The molecule has 1 heterocycles. The number of hydrogen-bond donors (Lipinski definition) is 1. The van der Waals surface area contributed by atoms with Crippen molar-refractivity contribution in [2.45, 2.75) is 26.4 Å². The van der Waals surface area contributed by atoms with Crippen molar-refractivity contribution < 1.29 is 18.3 Å². The maximum atomic E-state index is 13.3. The molecule has 3 rings (SSSR count). The van der Waals surface area contributed by atoms with E-state index >= 15 is 0 Å². The van der Waals surface area contributed by atoms with E-state index in [1.165, 1.54) is 12.1 Å². The smallest absolute Gasteiger partial charge is 0.412 e. The Labute approximate surface area is 149 Å². The molecule has 5 nitrogen and oxygen atoms in total. The molecule has 3 aromatic rings. The molecule has 1 N–H and O–H groups in total. The molecule has 1 aromatic heterocycles. The molecule has 0 aliphatic heterocycles. The van der Waals surface area contributed by atoms with Crippen LogP contribution in [0.15, 0.2) is 57.7 Å². The topological polar surface area (TPSA) is 68.5 Å². The number of nitrogens with one attached hydrogen (secondary N) is 1. The summed E-state index contributed by atoms with van der Waals surface area (Å²) >= 11 is 0. The van der Waals surface area contributed by atoms with Gasteiger partial charge in [0.15, 0.2) is 0 Å². The Morgan fingerprint density at radius 2 is 1.81 bits per heavy atom. The number of halogens is 1. The summed E-state index contributed by atoms with van der Waals surface area (Å²) in [5.41, 5.74) is 0.0490. The zero-order valence-electron chi connectivity index (χ0n) is 14.6. The van der Waals surface area contributed by atoms with Gasteiger partial charge in [0.05, 0.1) is 11.3 Å². The summed E-state index contributed by atoms with van der Waals surface area (Å²) in [5, 5.41) is 3.23. The molecule has 134 valence electrons. The summed E-state index contributed by atoms with van der Waals surface area (Å²) in [7, 11) is 0. The van der Waals surface area contributed by atoms with E-state index in [-0.39, 0.29) is 11.1 Å². The zero-order chi connectivity index (χ0) is 18.9. The Bertz CT molecular complexity index is 1030. The molecule has 1 amide bonds. The van der Waals surface area contributed by atoms with Crippen LogP contribution in [0.3, 0.4) is 0 Å². The molecular formula is C20H18FNO4. The summed E-state index contributed by atoms with van der Waals surface area (Å²) in [4.78, 5) is 24.4. The lowest BCUT2D eigenvalue weighted by atomic mass is 10.0. The second kappa shape index (κ2) is 6.63. The van der Waals surface area contributed by atoms with E-state index in [9.17, 15) is 14.0 Å². The van der Waals surface area contributed by atoms with Gasteiger partial charge in [0.25, 0.3) is 0 Å². The number of para-hydroxylation sites is 1. The van der Waals surface area contributed by atoms with Gasteiger partial charge in [-0.25, -0.2) is 14.0 Å². The molecule has 0 fully saturated rings.